The number of likely N-dealkylation sites (tertiary alicyclic amines) is 1. The summed E-state index contributed by atoms with van der Waals surface area (Å²) in [5, 5.41) is 9.70. The van der Waals surface area contributed by atoms with Crippen molar-refractivity contribution in [2.24, 2.45) is 11.7 Å². The maximum atomic E-state index is 13.1. The second kappa shape index (κ2) is 5.12. The van der Waals surface area contributed by atoms with Crippen LogP contribution in [0.4, 0.5) is 13.2 Å². The zero-order valence-corrected chi connectivity index (χ0v) is 13.8. The molecule has 0 spiro atoms. The lowest BCUT2D eigenvalue weighted by Gasteiger charge is -2.60. The van der Waals surface area contributed by atoms with Crippen LogP contribution in [0.5, 0.6) is 5.75 Å². The molecule has 3 rings (SSSR count). The van der Waals surface area contributed by atoms with E-state index >= 15 is 0 Å². The zero-order valence-electron chi connectivity index (χ0n) is 13.8. The lowest BCUT2D eigenvalue weighted by atomic mass is 9.53. The average Bonchev–Trinajstić information content (AvgIpc) is 2.49. The van der Waals surface area contributed by atoms with Crippen molar-refractivity contribution in [3.8, 4) is 5.75 Å². The molecule has 1 fully saturated rings. The molecule has 2 bridgehead atoms. The third-order valence-corrected chi connectivity index (χ3v) is 6.02. The first-order chi connectivity index (χ1) is 11.4. The van der Waals surface area contributed by atoms with Gasteiger partial charge in [0.1, 0.15) is 11.3 Å². The van der Waals surface area contributed by atoms with Crippen LogP contribution in [-0.4, -0.2) is 40.1 Å². The number of fused-ring (bicyclic) bond motifs is 4. The first kappa shape index (κ1) is 17.6. The van der Waals surface area contributed by atoms with E-state index in [9.17, 15) is 27.9 Å². The normalized spacial score (nSPS) is 31.4. The van der Waals surface area contributed by atoms with Gasteiger partial charge in [0.25, 0.3) is 0 Å². The molecule has 0 saturated carbocycles. The summed E-state index contributed by atoms with van der Waals surface area (Å²) in [5.74, 6) is -3.83. The lowest BCUT2D eigenvalue weighted by Crippen LogP contribution is -2.74. The van der Waals surface area contributed by atoms with Crippen LogP contribution in [0.15, 0.2) is 12.1 Å². The number of aromatic hydroxyl groups is 1. The van der Waals surface area contributed by atoms with Gasteiger partial charge in [-0.3, -0.25) is 9.59 Å². The van der Waals surface area contributed by atoms with Crippen molar-refractivity contribution in [1.29, 1.82) is 0 Å². The quantitative estimate of drug-likeness (QED) is 0.804. The van der Waals surface area contributed by atoms with Crippen molar-refractivity contribution in [1.82, 2.24) is 4.90 Å². The summed E-state index contributed by atoms with van der Waals surface area (Å²) >= 11 is 0. The van der Waals surface area contributed by atoms with Gasteiger partial charge in [-0.05, 0) is 41.0 Å². The minimum Gasteiger partial charge on any atom is -0.507 e. The zero-order chi connectivity index (χ0) is 18.8. The molecular weight excluding hydrogens is 337 g/mol. The summed E-state index contributed by atoms with van der Waals surface area (Å²) in [6.45, 7) is 3.27. The SMILES string of the molecule is C[C@H]1[C@@]2(C)CCN(C(=O)C(F)(F)F)[C@]1(C(N)=O)Cc1cc(O)[c]cc12. The highest BCUT2D eigenvalue weighted by Crippen LogP contribution is 2.54. The largest absolute Gasteiger partial charge is 0.507 e. The van der Waals surface area contributed by atoms with Crippen molar-refractivity contribution >= 4 is 11.8 Å². The highest BCUT2D eigenvalue weighted by molar-refractivity contribution is 5.94. The fourth-order valence-corrected chi connectivity index (χ4v) is 4.50. The summed E-state index contributed by atoms with van der Waals surface area (Å²) in [6.07, 6.45) is -5.02. The molecule has 5 nitrogen and oxygen atoms in total. The smallest absolute Gasteiger partial charge is 0.471 e. The molecule has 1 aromatic carbocycles. The first-order valence-electron chi connectivity index (χ1n) is 7.87. The Labute approximate surface area is 142 Å². The van der Waals surface area contributed by atoms with Crippen LogP contribution in [0, 0.1) is 12.0 Å². The molecule has 1 aliphatic heterocycles. The van der Waals surface area contributed by atoms with Gasteiger partial charge in [0, 0.05) is 19.0 Å². The van der Waals surface area contributed by atoms with Gasteiger partial charge >= 0.3 is 12.1 Å². The van der Waals surface area contributed by atoms with Crippen LogP contribution in [0.2, 0.25) is 0 Å². The number of benzene rings is 1. The maximum Gasteiger partial charge on any atom is 0.471 e. The van der Waals surface area contributed by atoms with Gasteiger partial charge in [-0.1, -0.05) is 13.8 Å². The maximum absolute atomic E-state index is 13.1. The predicted octanol–water partition coefficient (Wildman–Crippen LogP) is 1.66. The van der Waals surface area contributed by atoms with Crippen molar-refractivity contribution in [2.75, 3.05) is 6.54 Å². The third-order valence-electron chi connectivity index (χ3n) is 6.02. The van der Waals surface area contributed by atoms with Gasteiger partial charge in [0.05, 0.1) is 0 Å². The van der Waals surface area contributed by atoms with E-state index in [0.717, 1.165) is 5.56 Å². The molecule has 0 unspecified atom stereocenters. The number of carbonyl (C=O) groups is 2. The molecule has 1 saturated heterocycles. The predicted molar refractivity (Wildman–Crippen MR) is 81.5 cm³/mol. The van der Waals surface area contributed by atoms with Gasteiger partial charge < -0.3 is 15.7 Å². The average molecular weight is 355 g/mol. The van der Waals surface area contributed by atoms with Crippen LogP contribution in [0.3, 0.4) is 0 Å². The van der Waals surface area contributed by atoms with Gasteiger partial charge in [-0.25, -0.2) is 0 Å². The summed E-state index contributed by atoms with van der Waals surface area (Å²) in [4.78, 5) is 24.9. The topological polar surface area (TPSA) is 83.6 Å². The van der Waals surface area contributed by atoms with Crippen molar-refractivity contribution in [3.63, 3.8) is 0 Å². The summed E-state index contributed by atoms with van der Waals surface area (Å²) < 4.78 is 39.3. The van der Waals surface area contributed by atoms with Crippen LogP contribution in [-0.2, 0) is 21.4 Å². The Kier molecular flexibility index (Phi) is 3.60. The lowest BCUT2D eigenvalue weighted by molar-refractivity contribution is -0.200. The summed E-state index contributed by atoms with van der Waals surface area (Å²) in [5.41, 5.74) is 4.43. The van der Waals surface area contributed by atoms with Crippen molar-refractivity contribution < 1.29 is 27.9 Å². The number of hydrogen-bond acceptors (Lipinski definition) is 3. The standard InChI is InChI=1S/C17H18F3N2O3/c1-9-15(2)5-6-22(14(25)17(18,19)20)16(9,13(21)24)8-10-7-11(23)3-4-12(10)15/h4,7,9,23H,5-6,8H2,1-2H3,(H2,21,24)/t9-,15+,16+/m0/s1. The Morgan fingerprint density at radius 3 is 2.64 bits per heavy atom. The summed E-state index contributed by atoms with van der Waals surface area (Å²) in [6, 6.07) is 5.67. The fraction of sp³-hybridized carbons (Fsp3) is 0.529. The number of carbonyl (C=O) groups excluding carboxylic acids is 2. The Balaban J connectivity index is 2.23. The molecular formula is C17H18F3N2O3. The van der Waals surface area contributed by atoms with Gasteiger partial charge in [0.2, 0.25) is 5.91 Å². The third kappa shape index (κ3) is 2.22. The van der Waals surface area contributed by atoms with Crippen LogP contribution >= 0.6 is 0 Å². The number of hydrogen-bond donors (Lipinski definition) is 2. The number of amides is 2. The Morgan fingerprint density at radius 1 is 1.44 bits per heavy atom. The molecule has 2 amide bonds. The van der Waals surface area contributed by atoms with E-state index < -0.39 is 34.9 Å². The molecule has 1 aromatic rings. The molecule has 3 atom stereocenters. The second-order valence-electron chi connectivity index (χ2n) is 7.07. The van der Waals surface area contributed by atoms with Gasteiger partial charge in [-0.15, -0.1) is 0 Å². The number of piperidine rings is 1. The Bertz CT molecular complexity index is 764. The molecule has 3 N–H and O–H groups in total. The number of primary amides is 1. The molecule has 2 aliphatic rings. The number of halogens is 3. The Morgan fingerprint density at radius 2 is 2.08 bits per heavy atom. The minimum atomic E-state index is -5.09. The van der Waals surface area contributed by atoms with Crippen LogP contribution in [0.1, 0.15) is 31.4 Å². The minimum absolute atomic E-state index is 0.168. The van der Waals surface area contributed by atoms with E-state index in [1.54, 1.807) is 13.0 Å². The Hall–Kier alpha value is -2.25. The monoisotopic (exact) mass is 355 g/mol. The number of alkyl halides is 3. The summed E-state index contributed by atoms with van der Waals surface area (Å²) in [7, 11) is 0. The fourth-order valence-electron chi connectivity index (χ4n) is 4.50. The van der Waals surface area contributed by atoms with Gasteiger partial charge in [-0.2, -0.15) is 13.2 Å². The van der Waals surface area contributed by atoms with Crippen molar-refractivity contribution in [2.45, 2.75) is 43.8 Å². The second-order valence-corrected chi connectivity index (χ2v) is 7.07. The molecule has 135 valence electrons. The van der Waals surface area contributed by atoms with E-state index in [0.29, 0.717) is 10.5 Å². The number of phenols is 1. The number of phenolic OH excluding ortho intramolecular Hbond substituents is 1. The number of rotatable bonds is 1. The number of nitrogens with zero attached hydrogens (tertiary/aromatic N) is 1. The molecule has 0 aromatic heterocycles. The molecule has 1 aliphatic carbocycles. The van der Waals surface area contributed by atoms with Crippen LogP contribution in [0.25, 0.3) is 0 Å². The van der Waals surface area contributed by atoms with E-state index in [1.807, 2.05) is 6.92 Å². The first-order valence-corrected chi connectivity index (χ1v) is 7.87. The van der Waals surface area contributed by atoms with Crippen molar-refractivity contribution in [3.05, 3.63) is 29.3 Å². The number of nitrogens with two attached hydrogens (primary N) is 1. The molecule has 1 heterocycles. The highest BCUT2D eigenvalue weighted by atomic mass is 19.4. The molecule has 25 heavy (non-hydrogen) atoms. The van der Waals surface area contributed by atoms with Gasteiger partial charge in [0.15, 0.2) is 0 Å². The van der Waals surface area contributed by atoms with E-state index in [4.69, 9.17) is 5.73 Å². The van der Waals surface area contributed by atoms with E-state index in [-0.39, 0.29) is 25.1 Å². The van der Waals surface area contributed by atoms with E-state index in [1.165, 1.54) is 6.07 Å². The molecule has 1 radical (unpaired) electrons. The van der Waals surface area contributed by atoms with Crippen LogP contribution < -0.4 is 5.73 Å². The highest BCUT2D eigenvalue weighted by Gasteiger charge is 2.64. The van der Waals surface area contributed by atoms with E-state index in [2.05, 4.69) is 6.07 Å². The molecule has 8 heteroatoms.